The lowest BCUT2D eigenvalue weighted by atomic mass is 10.1. The molecular formula is C19H29ClIN7. The highest BCUT2D eigenvalue weighted by Gasteiger charge is 2.21. The highest BCUT2D eigenvalue weighted by atomic mass is 127. The van der Waals surface area contributed by atoms with E-state index in [0.29, 0.717) is 6.54 Å². The highest BCUT2D eigenvalue weighted by molar-refractivity contribution is 14.0. The van der Waals surface area contributed by atoms with E-state index in [1.54, 1.807) is 6.33 Å². The average molecular weight is 518 g/mol. The SMILES string of the molecule is CCNC(=NCc1nncn1CC)N1CCN(c2cc(Cl)ccc2C)CC1.I. The zero-order valence-electron chi connectivity index (χ0n) is 16.7. The van der Waals surface area contributed by atoms with Crippen LogP contribution in [0.3, 0.4) is 0 Å². The molecule has 1 N–H and O–H groups in total. The van der Waals surface area contributed by atoms with Gasteiger partial charge in [-0.05, 0) is 38.5 Å². The zero-order chi connectivity index (χ0) is 19.2. The number of nitrogens with one attached hydrogen (secondary N) is 1. The molecule has 0 atom stereocenters. The molecule has 1 aromatic heterocycles. The number of aryl methyl sites for hydroxylation is 2. The Morgan fingerprint density at radius 3 is 2.64 bits per heavy atom. The van der Waals surface area contributed by atoms with Crippen molar-refractivity contribution in [3.05, 3.63) is 40.9 Å². The lowest BCUT2D eigenvalue weighted by Crippen LogP contribution is -2.52. The van der Waals surface area contributed by atoms with Crippen molar-refractivity contribution in [1.29, 1.82) is 0 Å². The van der Waals surface area contributed by atoms with E-state index in [9.17, 15) is 0 Å². The zero-order valence-corrected chi connectivity index (χ0v) is 19.8. The van der Waals surface area contributed by atoms with Gasteiger partial charge in [0.05, 0.1) is 0 Å². The van der Waals surface area contributed by atoms with E-state index in [1.165, 1.54) is 11.3 Å². The summed E-state index contributed by atoms with van der Waals surface area (Å²) in [6.07, 6.45) is 1.75. The Bertz CT molecular complexity index is 784. The molecule has 1 fully saturated rings. The van der Waals surface area contributed by atoms with Gasteiger partial charge >= 0.3 is 0 Å². The first-order chi connectivity index (χ1) is 13.1. The van der Waals surface area contributed by atoms with E-state index >= 15 is 0 Å². The van der Waals surface area contributed by atoms with Crippen molar-refractivity contribution >= 4 is 47.2 Å². The van der Waals surface area contributed by atoms with Crippen LogP contribution in [0.5, 0.6) is 0 Å². The van der Waals surface area contributed by atoms with Gasteiger partial charge in [0.2, 0.25) is 0 Å². The normalized spacial score (nSPS) is 14.8. The number of anilines is 1. The Balaban J connectivity index is 0.00000280. The predicted molar refractivity (Wildman–Crippen MR) is 126 cm³/mol. The first kappa shape index (κ1) is 22.7. The molecule has 0 radical (unpaired) electrons. The van der Waals surface area contributed by atoms with Gasteiger partial charge in [0, 0.05) is 50.0 Å². The lowest BCUT2D eigenvalue weighted by molar-refractivity contribution is 0.372. The minimum Gasteiger partial charge on any atom is -0.368 e. The lowest BCUT2D eigenvalue weighted by Gasteiger charge is -2.38. The number of piperazine rings is 1. The molecular weight excluding hydrogens is 489 g/mol. The minimum absolute atomic E-state index is 0. The van der Waals surface area contributed by atoms with Crippen molar-refractivity contribution in [2.75, 3.05) is 37.6 Å². The molecule has 2 aromatic rings. The standard InChI is InChI=1S/C19H28ClN7.HI/c1-4-21-19(22-13-18-24-23-14-25(18)5-2)27-10-8-26(9-11-27)17-12-16(20)7-6-15(17)3;/h6-7,12,14H,4-5,8-11,13H2,1-3H3,(H,21,22);1H. The molecule has 0 spiro atoms. The summed E-state index contributed by atoms with van der Waals surface area (Å²) in [5.74, 6) is 1.83. The van der Waals surface area contributed by atoms with Gasteiger partial charge in [0.1, 0.15) is 12.9 Å². The quantitative estimate of drug-likeness (QED) is 0.375. The number of benzene rings is 1. The van der Waals surface area contributed by atoms with E-state index in [2.05, 4.69) is 58.2 Å². The van der Waals surface area contributed by atoms with E-state index in [-0.39, 0.29) is 24.0 Å². The van der Waals surface area contributed by atoms with Crippen LogP contribution in [0.2, 0.25) is 5.02 Å². The summed E-state index contributed by atoms with van der Waals surface area (Å²) >= 11 is 6.19. The maximum atomic E-state index is 6.19. The topological polar surface area (TPSA) is 61.6 Å². The summed E-state index contributed by atoms with van der Waals surface area (Å²) in [6.45, 7) is 12.2. The van der Waals surface area contributed by atoms with Crippen LogP contribution in [0.25, 0.3) is 0 Å². The fourth-order valence-corrected chi connectivity index (χ4v) is 3.49. The van der Waals surface area contributed by atoms with Crippen molar-refractivity contribution in [2.24, 2.45) is 4.99 Å². The third kappa shape index (κ3) is 5.50. The molecule has 28 heavy (non-hydrogen) atoms. The van der Waals surface area contributed by atoms with Crippen molar-refractivity contribution in [3.8, 4) is 0 Å². The smallest absolute Gasteiger partial charge is 0.194 e. The van der Waals surface area contributed by atoms with Crippen LogP contribution in [-0.2, 0) is 13.1 Å². The molecule has 154 valence electrons. The van der Waals surface area contributed by atoms with Gasteiger partial charge in [-0.25, -0.2) is 4.99 Å². The van der Waals surface area contributed by atoms with Crippen LogP contribution in [0.1, 0.15) is 25.2 Å². The third-order valence-electron chi connectivity index (χ3n) is 4.83. The molecule has 0 unspecified atom stereocenters. The minimum atomic E-state index is 0. The monoisotopic (exact) mass is 517 g/mol. The maximum Gasteiger partial charge on any atom is 0.194 e. The fourth-order valence-electron chi connectivity index (χ4n) is 3.32. The molecule has 7 nitrogen and oxygen atoms in total. The van der Waals surface area contributed by atoms with Crippen molar-refractivity contribution in [2.45, 2.75) is 33.9 Å². The van der Waals surface area contributed by atoms with E-state index in [0.717, 1.165) is 56.1 Å². The Morgan fingerprint density at radius 2 is 1.96 bits per heavy atom. The molecule has 1 aromatic carbocycles. The van der Waals surface area contributed by atoms with Gasteiger partial charge in [0.25, 0.3) is 0 Å². The van der Waals surface area contributed by atoms with Gasteiger partial charge in [-0.1, -0.05) is 17.7 Å². The van der Waals surface area contributed by atoms with Crippen molar-refractivity contribution in [3.63, 3.8) is 0 Å². The Morgan fingerprint density at radius 1 is 1.21 bits per heavy atom. The van der Waals surface area contributed by atoms with E-state index in [4.69, 9.17) is 16.6 Å². The van der Waals surface area contributed by atoms with Crippen LogP contribution in [-0.4, -0.2) is 58.3 Å². The molecule has 0 amide bonds. The second-order valence-electron chi connectivity index (χ2n) is 6.61. The summed E-state index contributed by atoms with van der Waals surface area (Å²) < 4.78 is 2.02. The number of hydrogen-bond donors (Lipinski definition) is 1. The number of nitrogens with zero attached hydrogens (tertiary/aromatic N) is 6. The van der Waals surface area contributed by atoms with Crippen molar-refractivity contribution in [1.82, 2.24) is 25.0 Å². The molecule has 1 aliphatic heterocycles. The molecule has 1 aliphatic rings. The highest BCUT2D eigenvalue weighted by Crippen LogP contribution is 2.25. The van der Waals surface area contributed by atoms with Gasteiger partial charge in [-0.3, -0.25) is 0 Å². The molecule has 0 saturated carbocycles. The number of aromatic nitrogens is 3. The number of halogens is 2. The Kier molecular flexibility index (Phi) is 8.81. The maximum absolute atomic E-state index is 6.19. The third-order valence-corrected chi connectivity index (χ3v) is 5.07. The second kappa shape index (κ2) is 10.8. The fraction of sp³-hybridized carbons (Fsp3) is 0.526. The van der Waals surface area contributed by atoms with Crippen LogP contribution < -0.4 is 10.2 Å². The summed E-state index contributed by atoms with van der Waals surface area (Å²) in [5.41, 5.74) is 2.48. The van der Waals surface area contributed by atoms with Crippen LogP contribution in [0.15, 0.2) is 29.5 Å². The molecule has 0 bridgehead atoms. The Hall–Kier alpha value is -1.55. The van der Waals surface area contributed by atoms with Crippen molar-refractivity contribution < 1.29 is 0 Å². The largest absolute Gasteiger partial charge is 0.368 e. The first-order valence-corrected chi connectivity index (χ1v) is 9.91. The molecule has 2 heterocycles. The number of hydrogen-bond acceptors (Lipinski definition) is 4. The molecule has 0 aliphatic carbocycles. The molecule has 9 heteroatoms. The first-order valence-electron chi connectivity index (χ1n) is 9.53. The van der Waals surface area contributed by atoms with Gasteiger partial charge in [-0.15, -0.1) is 34.2 Å². The van der Waals surface area contributed by atoms with Gasteiger partial charge in [-0.2, -0.15) is 0 Å². The summed E-state index contributed by atoms with van der Waals surface area (Å²) in [7, 11) is 0. The summed E-state index contributed by atoms with van der Waals surface area (Å²) in [5, 5.41) is 12.3. The summed E-state index contributed by atoms with van der Waals surface area (Å²) in [4.78, 5) is 9.50. The number of aliphatic imine (C=N–C) groups is 1. The van der Waals surface area contributed by atoms with Crippen LogP contribution in [0.4, 0.5) is 5.69 Å². The van der Waals surface area contributed by atoms with E-state index in [1.807, 2.05) is 10.6 Å². The van der Waals surface area contributed by atoms with E-state index < -0.39 is 0 Å². The molecule has 3 rings (SSSR count). The van der Waals surface area contributed by atoms with Crippen LogP contribution in [0, 0.1) is 6.92 Å². The van der Waals surface area contributed by atoms with Gasteiger partial charge < -0.3 is 19.7 Å². The predicted octanol–water partition coefficient (Wildman–Crippen LogP) is 3.17. The number of guanidine groups is 1. The summed E-state index contributed by atoms with van der Waals surface area (Å²) in [6, 6.07) is 6.09. The average Bonchev–Trinajstić information content (AvgIpc) is 3.15. The number of rotatable bonds is 5. The second-order valence-corrected chi connectivity index (χ2v) is 7.04. The van der Waals surface area contributed by atoms with Crippen LogP contribution >= 0.6 is 35.6 Å². The van der Waals surface area contributed by atoms with Gasteiger partial charge in [0.15, 0.2) is 11.8 Å². The Labute approximate surface area is 189 Å². The molecule has 1 saturated heterocycles.